The Hall–Kier alpha value is -1.99. The summed E-state index contributed by atoms with van der Waals surface area (Å²) in [5.41, 5.74) is 2.35. The van der Waals surface area contributed by atoms with Crippen LogP contribution < -0.4 is 4.72 Å². The Kier molecular flexibility index (Phi) is 4.24. The summed E-state index contributed by atoms with van der Waals surface area (Å²) in [5.74, 6) is -0.420. The summed E-state index contributed by atoms with van der Waals surface area (Å²) >= 11 is 0. The maximum Gasteiger partial charge on any atom is 0.262 e. The van der Waals surface area contributed by atoms with Crippen molar-refractivity contribution in [3.8, 4) is 0 Å². The molecule has 0 aliphatic heterocycles. The van der Waals surface area contributed by atoms with Crippen LogP contribution in [0.4, 0.5) is 0 Å². The van der Waals surface area contributed by atoms with Crippen LogP contribution in [0.3, 0.4) is 0 Å². The third-order valence-electron chi connectivity index (χ3n) is 2.99. The van der Waals surface area contributed by atoms with E-state index in [4.69, 9.17) is 0 Å². The molecule has 0 unspecified atom stereocenters. The van der Waals surface area contributed by atoms with Gasteiger partial charge in [0.2, 0.25) is 10.0 Å². The van der Waals surface area contributed by atoms with Crippen LogP contribution in [0.2, 0.25) is 0 Å². The molecule has 1 heterocycles. The average Bonchev–Trinajstić information content (AvgIpc) is 2.76. The van der Waals surface area contributed by atoms with Crippen LogP contribution in [-0.4, -0.2) is 30.7 Å². The van der Waals surface area contributed by atoms with Gasteiger partial charge in [-0.05, 0) is 39.0 Å². The fourth-order valence-electron chi connectivity index (χ4n) is 1.91. The van der Waals surface area contributed by atoms with E-state index in [1.165, 1.54) is 16.8 Å². The predicted molar refractivity (Wildman–Crippen MR) is 78.7 cm³/mol. The largest absolute Gasteiger partial charge is 0.271 e. The van der Waals surface area contributed by atoms with Crippen molar-refractivity contribution in [1.29, 1.82) is 0 Å². The van der Waals surface area contributed by atoms with Crippen LogP contribution >= 0.6 is 0 Å². The molecule has 7 heteroatoms. The van der Waals surface area contributed by atoms with Gasteiger partial charge in [0, 0.05) is 5.69 Å². The maximum atomic E-state index is 12.1. The monoisotopic (exact) mass is 307 g/mol. The third kappa shape index (κ3) is 3.56. The van der Waals surface area contributed by atoms with Crippen LogP contribution in [0.15, 0.2) is 35.2 Å². The van der Waals surface area contributed by atoms with Gasteiger partial charge in [0.05, 0.1) is 17.1 Å². The van der Waals surface area contributed by atoms with E-state index in [1.54, 1.807) is 32.0 Å². The Bertz CT molecular complexity index is 761. The van der Waals surface area contributed by atoms with Crippen molar-refractivity contribution in [2.45, 2.75) is 25.7 Å². The molecule has 21 heavy (non-hydrogen) atoms. The van der Waals surface area contributed by atoms with E-state index in [2.05, 4.69) is 9.82 Å². The molecule has 0 radical (unpaired) electrons. The predicted octanol–water partition coefficient (Wildman–Crippen LogP) is 1.43. The first-order valence-electron chi connectivity index (χ1n) is 6.42. The van der Waals surface area contributed by atoms with Crippen LogP contribution in [0.25, 0.3) is 0 Å². The van der Waals surface area contributed by atoms with Crippen LogP contribution in [0.1, 0.15) is 21.7 Å². The molecule has 1 aromatic carbocycles. The molecule has 0 saturated heterocycles. The fraction of sp³-hybridized carbons (Fsp3) is 0.286. The first kappa shape index (κ1) is 15.4. The lowest BCUT2D eigenvalue weighted by molar-refractivity contribution is 0.0900. The quantitative estimate of drug-likeness (QED) is 0.926. The molecule has 0 aliphatic carbocycles. The zero-order valence-electron chi connectivity index (χ0n) is 12.1. The molecule has 2 rings (SSSR count). The van der Waals surface area contributed by atoms with Crippen molar-refractivity contribution in [3.63, 3.8) is 0 Å². The summed E-state index contributed by atoms with van der Waals surface area (Å²) in [6.07, 6.45) is 0. The van der Waals surface area contributed by atoms with Crippen LogP contribution in [0, 0.1) is 20.8 Å². The Balaban J connectivity index is 2.10. The standard InChI is InChI=1S/C14H17N3O3S/c1-10-4-6-13(7-5-10)21(19,20)15-9-14(18)17-12(3)8-11(2)16-17/h4-8,15H,9H2,1-3H3. The Morgan fingerprint density at radius 3 is 2.33 bits per heavy atom. The number of hydrogen-bond donors (Lipinski definition) is 1. The molecule has 0 amide bonds. The zero-order valence-corrected chi connectivity index (χ0v) is 12.9. The lowest BCUT2D eigenvalue weighted by atomic mass is 10.2. The van der Waals surface area contributed by atoms with Gasteiger partial charge in [0.1, 0.15) is 0 Å². The van der Waals surface area contributed by atoms with Crippen molar-refractivity contribution in [1.82, 2.24) is 14.5 Å². The number of nitrogens with zero attached hydrogens (tertiary/aromatic N) is 2. The summed E-state index contributed by atoms with van der Waals surface area (Å²) in [5, 5.41) is 4.03. The molecular weight excluding hydrogens is 290 g/mol. The second-order valence-corrected chi connectivity index (χ2v) is 6.64. The number of aryl methyl sites for hydroxylation is 3. The highest BCUT2D eigenvalue weighted by Gasteiger charge is 2.17. The minimum atomic E-state index is -3.70. The van der Waals surface area contributed by atoms with E-state index in [-0.39, 0.29) is 11.4 Å². The summed E-state index contributed by atoms with van der Waals surface area (Å²) in [7, 11) is -3.70. The molecule has 0 atom stereocenters. The minimum absolute atomic E-state index is 0.134. The van der Waals surface area contributed by atoms with Gasteiger partial charge >= 0.3 is 0 Å². The van der Waals surface area contributed by atoms with Gasteiger partial charge in [-0.25, -0.2) is 17.8 Å². The molecule has 6 nitrogen and oxygen atoms in total. The lowest BCUT2D eigenvalue weighted by Crippen LogP contribution is -2.33. The van der Waals surface area contributed by atoms with Gasteiger partial charge in [-0.1, -0.05) is 17.7 Å². The van der Waals surface area contributed by atoms with Gasteiger partial charge in [0.15, 0.2) is 0 Å². The number of sulfonamides is 1. The van der Waals surface area contributed by atoms with Crippen LogP contribution in [0.5, 0.6) is 0 Å². The number of carbonyl (C=O) groups excluding carboxylic acids is 1. The molecule has 0 fully saturated rings. The smallest absolute Gasteiger partial charge is 0.262 e. The van der Waals surface area contributed by atoms with E-state index < -0.39 is 15.9 Å². The molecule has 1 aromatic heterocycles. The van der Waals surface area contributed by atoms with E-state index in [0.29, 0.717) is 11.4 Å². The number of carbonyl (C=O) groups is 1. The van der Waals surface area contributed by atoms with Gasteiger partial charge in [-0.15, -0.1) is 0 Å². The second kappa shape index (κ2) is 5.79. The zero-order chi connectivity index (χ0) is 15.6. The first-order chi connectivity index (χ1) is 9.79. The second-order valence-electron chi connectivity index (χ2n) is 4.87. The van der Waals surface area contributed by atoms with Crippen molar-refractivity contribution in [2.75, 3.05) is 6.54 Å². The van der Waals surface area contributed by atoms with Gasteiger partial charge in [0.25, 0.3) is 5.91 Å². The number of benzene rings is 1. The normalized spacial score (nSPS) is 11.6. The van der Waals surface area contributed by atoms with E-state index in [9.17, 15) is 13.2 Å². The Morgan fingerprint density at radius 2 is 1.81 bits per heavy atom. The van der Waals surface area contributed by atoms with E-state index >= 15 is 0 Å². The van der Waals surface area contributed by atoms with Crippen molar-refractivity contribution in [2.24, 2.45) is 0 Å². The van der Waals surface area contributed by atoms with Gasteiger partial charge < -0.3 is 0 Å². The SMILES string of the molecule is Cc1ccc(S(=O)(=O)NCC(=O)n2nc(C)cc2C)cc1. The van der Waals surface area contributed by atoms with Gasteiger partial charge in [-0.2, -0.15) is 5.10 Å². The Morgan fingerprint density at radius 1 is 1.19 bits per heavy atom. The summed E-state index contributed by atoms with van der Waals surface area (Å²) in [4.78, 5) is 12.1. The molecular formula is C14H17N3O3S. The van der Waals surface area contributed by atoms with E-state index in [0.717, 1.165) is 5.56 Å². The summed E-state index contributed by atoms with van der Waals surface area (Å²) in [6.45, 7) is 5.05. The Labute approximate surface area is 123 Å². The number of aromatic nitrogens is 2. The fourth-order valence-corrected chi connectivity index (χ4v) is 2.89. The molecule has 0 bridgehead atoms. The maximum absolute atomic E-state index is 12.1. The number of hydrogen-bond acceptors (Lipinski definition) is 4. The van der Waals surface area contributed by atoms with Gasteiger partial charge in [-0.3, -0.25) is 4.79 Å². The molecule has 0 aliphatic rings. The average molecular weight is 307 g/mol. The van der Waals surface area contributed by atoms with Crippen molar-refractivity contribution in [3.05, 3.63) is 47.3 Å². The highest BCUT2D eigenvalue weighted by molar-refractivity contribution is 7.89. The lowest BCUT2D eigenvalue weighted by Gasteiger charge is -2.07. The molecule has 2 aromatic rings. The highest BCUT2D eigenvalue weighted by atomic mass is 32.2. The number of rotatable bonds is 4. The van der Waals surface area contributed by atoms with E-state index in [1.807, 2.05) is 6.92 Å². The summed E-state index contributed by atoms with van der Waals surface area (Å²) < 4.78 is 27.6. The van der Waals surface area contributed by atoms with Crippen molar-refractivity contribution >= 4 is 15.9 Å². The molecule has 0 spiro atoms. The highest BCUT2D eigenvalue weighted by Crippen LogP contribution is 2.09. The third-order valence-corrected chi connectivity index (χ3v) is 4.41. The topological polar surface area (TPSA) is 81.1 Å². The van der Waals surface area contributed by atoms with Crippen molar-refractivity contribution < 1.29 is 13.2 Å². The first-order valence-corrected chi connectivity index (χ1v) is 7.91. The number of nitrogens with one attached hydrogen (secondary N) is 1. The summed E-state index contributed by atoms with van der Waals surface area (Å²) in [6, 6.07) is 8.18. The minimum Gasteiger partial charge on any atom is -0.271 e. The molecule has 112 valence electrons. The molecule has 0 saturated carbocycles. The van der Waals surface area contributed by atoms with Crippen LogP contribution in [-0.2, 0) is 10.0 Å². The molecule has 1 N–H and O–H groups in total.